The second-order valence-electron chi connectivity index (χ2n) is 2.94. The van der Waals surface area contributed by atoms with Crippen LogP contribution < -0.4 is 4.74 Å². The van der Waals surface area contributed by atoms with Gasteiger partial charge in [0.1, 0.15) is 18.4 Å². The molecule has 0 radical (unpaired) electrons. The fourth-order valence-electron chi connectivity index (χ4n) is 1.45. The Bertz CT molecular complexity index is 429. The van der Waals surface area contributed by atoms with E-state index in [2.05, 4.69) is 0 Å². The summed E-state index contributed by atoms with van der Waals surface area (Å²) in [7, 11) is 1.62. The van der Waals surface area contributed by atoms with E-state index in [0.717, 1.165) is 16.9 Å². The van der Waals surface area contributed by atoms with Crippen LogP contribution in [0.2, 0.25) is 0 Å². The van der Waals surface area contributed by atoms with Crippen molar-refractivity contribution in [1.82, 2.24) is 0 Å². The van der Waals surface area contributed by atoms with E-state index in [1.165, 1.54) is 0 Å². The average Bonchev–Trinajstić information content (AvgIpc) is 2.27. The normalized spacial score (nSPS) is 13.3. The first kappa shape index (κ1) is 8.64. The summed E-state index contributed by atoms with van der Waals surface area (Å²) >= 11 is 0. The van der Waals surface area contributed by atoms with Crippen LogP contribution in [-0.4, -0.2) is 7.11 Å². The van der Waals surface area contributed by atoms with Crippen LogP contribution in [0.5, 0.6) is 5.75 Å². The Morgan fingerprint density at radius 1 is 1.50 bits per heavy atom. The Balaban J connectivity index is 2.55. The second kappa shape index (κ2) is 3.43. The molecule has 1 heterocycles. The highest BCUT2D eigenvalue weighted by Gasteiger charge is 2.14. The van der Waals surface area contributed by atoms with E-state index in [1.54, 1.807) is 13.2 Å². The van der Waals surface area contributed by atoms with Crippen LogP contribution in [-0.2, 0) is 11.3 Å². The third-order valence-corrected chi connectivity index (χ3v) is 2.15. The highest BCUT2D eigenvalue weighted by molar-refractivity contribution is 5.65. The number of benzene rings is 1. The Labute approximate surface area is 82.2 Å². The van der Waals surface area contributed by atoms with E-state index in [4.69, 9.17) is 14.7 Å². The number of rotatable bonds is 1. The maximum absolute atomic E-state index is 8.70. The highest BCUT2D eigenvalue weighted by atomic mass is 16.5. The van der Waals surface area contributed by atoms with Crippen LogP contribution in [0, 0.1) is 11.3 Å². The van der Waals surface area contributed by atoms with Gasteiger partial charge in [-0.2, -0.15) is 5.26 Å². The van der Waals surface area contributed by atoms with Gasteiger partial charge in [0, 0.05) is 17.2 Å². The Kier molecular flexibility index (Phi) is 2.11. The van der Waals surface area contributed by atoms with Crippen molar-refractivity contribution < 1.29 is 9.47 Å². The number of hydrogen-bond acceptors (Lipinski definition) is 3. The number of ether oxygens (including phenoxy) is 2. The molecule has 0 fully saturated rings. The van der Waals surface area contributed by atoms with E-state index < -0.39 is 0 Å². The molecular weight excluding hydrogens is 178 g/mol. The molecule has 0 unspecified atom stereocenters. The van der Waals surface area contributed by atoms with Crippen LogP contribution in [0.1, 0.15) is 11.1 Å². The molecule has 3 nitrogen and oxygen atoms in total. The molecule has 70 valence electrons. The molecule has 1 aliphatic rings. The summed E-state index contributed by atoms with van der Waals surface area (Å²) in [5.74, 6) is 1.11. The number of allylic oxidation sites excluding steroid dienone is 1. The van der Waals surface area contributed by atoms with Crippen molar-refractivity contribution in [2.24, 2.45) is 0 Å². The van der Waals surface area contributed by atoms with Crippen molar-refractivity contribution in [3.8, 4) is 11.8 Å². The molecule has 0 bridgehead atoms. The summed E-state index contributed by atoms with van der Waals surface area (Å²) in [5.41, 5.74) is 1.99. The molecule has 0 aromatic heterocycles. The van der Waals surface area contributed by atoms with Gasteiger partial charge in [-0.15, -0.1) is 0 Å². The second-order valence-corrected chi connectivity index (χ2v) is 2.94. The quantitative estimate of drug-likeness (QED) is 0.676. The van der Waals surface area contributed by atoms with Crippen molar-refractivity contribution in [2.45, 2.75) is 6.61 Å². The zero-order valence-electron chi connectivity index (χ0n) is 7.78. The third-order valence-electron chi connectivity index (χ3n) is 2.15. The van der Waals surface area contributed by atoms with Gasteiger partial charge in [0.05, 0.1) is 7.11 Å². The summed E-state index contributed by atoms with van der Waals surface area (Å²) < 4.78 is 10.4. The van der Waals surface area contributed by atoms with Crippen molar-refractivity contribution in [2.75, 3.05) is 7.11 Å². The molecule has 0 atom stereocenters. The van der Waals surface area contributed by atoms with Gasteiger partial charge in [-0.05, 0) is 6.07 Å². The van der Waals surface area contributed by atoms with Gasteiger partial charge in [-0.25, -0.2) is 0 Å². The van der Waals surface area contributed by atoms with E-state index in [0.29, 0.717) is 12.4 Å². The van der Waals surface area contributed by atoms with Gasteiger partial charge in [-0.1, -0.05) is 12.1 Å². The van der Waals surface area contributed by atoms with Gasteiger partial charge in [0.2, 0.25) is 0 Å². The molecule has 1 aromatic rings. The fraction of sp³-hybridized carbons (Fsp3) is 0.182. The van der Waals surface area contributed by atoms with Crippen LogP contribution in [0.4, 0.5) is 0 Å². The SMILES string of the molecule is COc1cccc2c1C=C(C#N)OC2. The topological polar surface area (TPSA) is 42.2 Å². The van der Waals surface area contributed by atoms with Crippen LogP contribution in [0.15, 0.2) is 24.0 Å². The number of methoxy groups -OCH3 is 1. The van der Waals surface area contributed by atoms with E-state index in [9.17, 15) is 0 Å². The molecule has 1 aliphatic heterocycles. The Morgan fingerprint density at radius 3 is 3.07 bits per heavy atom. The number of nitriles is 1. The minimum atomic E-state index is 0.335. The van der Waals surface area contributed by atoms with Crippen molar-refractivity contribution in [1.29, 1.82) is 5.26 Å². The van der Waals surface area contributed by atoms with Gasteiger partial charge in [0.25, 0.3) is 0 Å². The van der Waals surface area contributed by atoms with Gasteiger partial charge in [0.15, 0.2) is 5.76 Å². The lowest BCUT2D eigenvalue weighted by Crippen LogP contribution is -2.02. The summed E-state index contributed by atoms with van der Waals surface area (Å²) in [4.78, 5) is 0. The van der Waals surface area contributed by atoms with E-state index in [-0.39, 0.29) is 0 Å². The first-order valence-electron chi connectivity index (χ1n) is 4.25. The van der Waals surface area contributed by atoms with Crippen LogP contribution in [0.3, 0.4) is 0 Å². The largest absolute Gasteiger partial charge is 0.496 e. The number of fused-ring (bicyclic) bond motifs is 1. The molecule has 0 spiro atoms. The van der Waals surface area contributed by atoms with Crippen molar-refractivity contribution >= 4 is 6.08 Å². The molecular formula is C11H9NO2. The summed E-state index contributed by atoms with van der Waals surface area (Å²) in [6.07, 6.45) is 1.71. The number of hydrogen-bond donors (Lipinski definition) is 0. The minimum Gasteiger partial charge on any atom is -0.496 e. The molecule has 0 saturated heterocycles. The molecule has 14 heavy (non-hydrogen) atoms. The first-order chi connectivity index (χ1) is 6.85. The molecule has 0 amide bonds. The monoisotopic (exact) mass is 187 g/mol. The lowest BCUT2D eigenvalue weighted by Gasteiger charge is -2.16. The molecule has 1 aromatic carbocycles. The van der Waals surface area contributed by atoms with Gasteiger partial charge < -0.3 is 9.47 Å². The standard InChI is InChI=1S/C11H9NO2/c1-13-11-4-2-3-8-7-14-9(6-12)5-10(8)11/h2-5H,7H2,1H3. The van der Waals surface area contributed by atoms with Crippen molar-refractivity contribution in [3.63, 3.8) is 0 Å². The predicted octanol–water partition coefficient (Wildman–Crippen LogP) is 2.09. The Morgan fingerprint density at radius 2 is 2.36 bits per heavy atom. The fourth-order valence-corrected chi connectivity index (χ4v) is 1.45. The zero-order valence-corrected chi connectivity index (χ0v) is 7.78. The third kappa shape index (κ3) is 1.31. The number of nitrogens with zero attached hydrogens (tertiary/aromatic N) is 1. The first-order valence-corrected chi connectivity index (χ1v) is 4.25. The molecule has 3 heteroatoms. The highest BCUT2D eigenvalue weighted by Crippen LogP contribution is 2.29. The molecule has 2 rings (SSSR count). The van der Waals surface area contributed by atoms with E-state index >= 15 is 0 Å². The van der Waals surface area contributed by atoms with Crippen LogP contribution in [0.25, 0.3) is 6.08 Å². The average molecular weight is 187 g/mol. The summed E-state index contributed by atoms with van der Waals surface area (Å²) in [6, 6.07) is 7.72. The van der Waals surface area contributed by atoms with Gasteiger partial charge >= 0.3 is 0 Å². The minimum absolute atomic E-state index is 0.335. The summed E-state index contributed by atoms with van der Waals surface area (Å²) in [5, 5.41) is 8.70. The maximum atomic E-state index is 8.70. The Hall–Kier alpha value is -1.95. The molecule has 0 saturated carbocycles. The lowest BCUT2D eigenvalue weighted by atomic mass is 10.0. The zero-order chi connectivity index (χ0) is 9.97. The van der Waals surface area contributed by atoms with Gasteiger partial charge in [-0.3, -0.25) is 0 Å². The maximum Gasteiger partial charge on any atom is 0.198 e. The van der Waals surface area contributed by atoms with Crippen LogP contribution >= 0.6 is 0 Å². The lowest BCUT2D eigenvalue weighted by molar-refractivity contribution is 0.211. The van der Waals surface area contributed by atoms with E-state index in [1.807, 2.05) is 24.3 Å². The smallest absolute Gasteiger partial charge is 0.198 e. The molecule has 0 aliphatic carbocycles. The predicted molar refractivity (Wildman–Crippen MR) is 51.4 cm³/mol. The van der Waals surface area contributed by atoms with Crippen molar-refractivity contribution in [3.05, 3.63) is 35.1 Å². The molecule has 0 N–H and O–H groups in total. The summed E-state index contributed by atoms with van der Waals surface area (Å²) in [6.45, 7) is 0.436.